The van der Waals surface area contributed by atoms with E-state index in [1.165, 1.54) is 11.3 Å². The number of nitrogens with zero attached hydrogens (tertiary/aromatic N) is 4. The van der Waals surface area contributed by atoms with Crippen LogP contribution in [0, 0.1) is 13.8 Å². The Balaban J connectivity index is 1.25. The molecule has 10 heteroatoms. The number of thiazole rings is 2. The van der Waals surface area contributed by atoms with Crippen LogP contribution in [0.3, 0.4) is 0 Å². The molecule has 2 fully saturated rings. The van der Waals surface area contributed by atoms with E-state index in [2.05, 4.69) is 25.6 Å². The van der Waals surface area contributed by atoms with Gasteiger partial charge in [0.15, 0.2) is 5.13 Å². The first-order valence-electron chi connectivity index (χ1n) is 11.1. The average Bonchev–Trinajstić information content (AvgIpc) is 3.43. The minimum atomic E-state index is -0.00359. The number of aryl methyl sites for hydroxylation is 2. The molecule has 3 aromatic rings. The van der Waals surface area contributed by atoms with Gasteiger partial charge < -0.3 is 15.5 Å². The molecule has 3 atom stereocenters. The van der Waals surface area contributed by atoms with E-state index in [1.807, 2.05) is 36.3 Å². The molecule has 5 rings (SSSR count). The molecule has 3 aromatic heterocycles. The molecule has 0 saturated carbocycles. The van der Waals surface area contributed by atoms with Crippen molar-refractivity contribution in [2.45, 2.75) is 64.6 Å². The third-order valence-corrected chi connectivity index (χ3v) is 8.11. The molecule has 1 unspecified atom stereocenters. The van der Waals surface area contributed by atoms with E-state index in [1.54, 1.807) is 24.5 Å². The summed E-state index contributed by atoms with van der Waals surface area (Å²) in [7, 11) is 0. The Hall–Kier alpha value is -2.85. The molecule has 0 aliphatic carbocycles. The zero-order valence-electron chi connectivity index (χ0n) is 18.8. The summed E-state index contributed by atoms with van der Waals surface area (Å²) < 4.78 is 0. The van der Waals surface area contributed by atoms with Gasteiger partial charge in [-0.05, 0) is 51.7 Å². The van der Waals surface area contributed by atoms with Gasteiger partial charge in [-0.15, -0.1) is 22.7 Å². The summed E-state index contributed by atoms with van der Waals surface area (Å²) in [6.45, 7) is 5.54. The predicted octanol–water partition coefficient (Wildman–Crippen LogP) is 4.29. The molecular weight excluding hydrogens is 456 g/mol. The normalized spacial score (nSPS) is 21.8. The maximum absolute atomic E-state index is 13.2. The molecular formula is C23H26N6O2S2. The lowest BCUT2D eigenvalue weighted by atomic mass is 9.96. The van der Waals surface area contributed by atoms with Crippen LogP contribution in [0.25, 0.3) is 10.6 Å². The van der Waals surface area contributed by atoms with E-state index < -0.39 is 0 Å². The highest BCUT2D eigenvalue weighted by molar-refractivity contribution is 7.16. The lowest BCUT2D eigenvalue weighted by Crippen LogP contribution is -2.52. The first-order valence-corrected chi connectivity index (χ1v) is 12.8. The molecule has 2 saturated heterocycles. The minimum absolute atomic E-state index is 0.00359. The van der Waals surface area contributed by atoms with E-state index in [0.717, 1.165) is 52.1 Å². The quantitative estimate of drug-likeness (QED) is 0.563. The van der Waals surface area contributed by atoms with Crippen LogP contribution < -0.4 is 10.6 Å². The average molecular weight is 483 g/mol. The molecule has 2 N–H and O–H groups in total. The number of carbonyl (C=O) groups excluding carboxylic acids is 2. The number of hydrogen-bond donors (Lipinski definition) is 2. The van der Waals surface area contributed by atoms with Gasteiger partial charge in [-0.1, -0.05) is 0 Å². The molecule has 2 amide bonds. The Kier molecular flexibility index (Phi) is 5.88. The second-order valence-electron chi connectivity index (χ2n) is 8.71. The Morgan fingerprint density at radius 3 is 2.48 bits per heavy atom. The fraction of sp³-hybridized carbons (Fsp3) is 0.435. The van der Waals surface area contributed by atoms with Gasteiger partial charge in [0.2, 0.25) is 5.91 Å². The Bertz CT molecular complexity index is 1170. The lowest BCUT2D eigenvalue weighted by molar-refractivity contribution is -0.120. The standard InChI is InChI=1S/C23H26N6O2S2/c1-12-21(33-14(3)25-12)19-11-32-23(27-19)28-20-7-4-15(10-24-20)22(31)29-17-5-6-18(29)9-16(8-17)26-13(2)30/h4,7,10-11,16-18H,5-6,8-9H2,1-3H3,(H,26,30)(H,24,27,28)/t16?,17-,18+. The molecule has 5 heterocycles. The number of nitrogens with one attached hydrogen (secondary N) is 2. The Morgan fingerprint density at radius 2 is 1.88 bits per heavy atom. The zero-order valence-corrected chi connectivity index (χ0v) is 20.4. The Labute approximate surface area is 200 Å². The van der Waals surface area contributed by atoms with Crippen LogP contribution in [0.4, 0.5) is 10.9 Å². The van der Waals surface area contributed by atoms with Crippen molar-refractivity contribution in [2.24, 2.45) is 0 Å². The van der Waals surface area contributed by atoms with E-state index in [-0.39, 0.29) is 29.9 Å². The van der Waals surface area contributed by atoms with Crippen molar-refractivity contribution in [3.8, 4) is 10.6 Å². The second kappa shape index (κ2) is 8.83. The van der Waals surface area contributed by atoms with Crippen LogP contribution in [0.1, 0.15) is 53.7 Å². The van der Waals surface area contributed by atoms with Gasteiger partial charge in [0, 0.05) is 36.6 Å². The monoisotopic (exact) mass is 482 g/mol. The predicted molar refractivity (Wildman–Crippen MR) is 130 cm³/mol. The molecule has 8 nitrogen and oxygen atoms in total. The highest BCUT2D eigenvalue weighted by atomic mass is 32.1. The number of fused-ring (bicyclic) bond motifs is 2. The Morgan fingerprint density at radius 1 is 1.12 bits per heavy atom. The molecule has 2 aliphatic rings. The third kappa shape index (κ3) is 4.49. The van der Waals surface area contributed by atoms with Crippen molar-refractivity contribution < 1.29 is 9.59 Å². The van der Waals surface area contributed by atoms with E-state index in [9.17, 15) is 9.59 Å². The highest BCUT2D eigenvalue weighted by Gasteiger charge is 2.43. The van der Waals surface area contributed by atoms with Crippen LogP contribution in [0.15, 0.2) is 23.7 Å². The molecule has 172 valence electrons. The zero-order chi connectivity index (χ0) is 23.1. The number of carbonyl (C=O) groups is 2. The fourth-order valence-corrected chi connectivity index (χ4v) is 6.63. The summed E-state index contributed by atoms with van der Waals surface area (Å²) in [6, 6.07) is 4.16. The van der Waals surface area contributed by atoms with Crippen LogP contribution in [-0.2, 0) is 4.79 Å². The second-order valence-corrected chi connectivity index (χ2v) is 10.8. The summed E-state index contributed by atoms with van der Waals surface area (Å²) in [6.07, 6.45) is 5.25. The molecule has 33 heavy (non-hydrogen) atoms. The minimum Gasteiger partial charge on any atom is -0.353 e. The maximum Gasteiger partial charge on any atom is 0.255 e. The van der Waals surface area contributed by atoms with Crippen molar-refractivity contribution in [3.63, 3.8) is 0 Å². The third-order valence-electron chi connectivity index (χ3n) is 6.26. The highest BCUT2D eigenvalue weighted by Crippen LogP contribution is 2.37. The summed E-state index contributed by atoms with van der Waals surface area (Å²) in [5.74, 6) is 0.670. The van der Waals surface area contributed by atoms with Crippen molar-refractivity contribution in [1.29, 1.82) is 0 Å². The maximum atomic E-state index is 13.2. The lowest BCUT2D eigenvalue weighted by Gasteiger charge is -2.39. The SMILES string of the molecule is CC(=O)NC1C[C@H]2CC[C@@H](C1)N2C(=O)c1ccc(Nc2nc(-c3sc(C)nc3C)cs2)nc1. The summed E-state index contributed by atoms with van der Waals surface area (Å²) in [5, 5.41) is 10.1. The number of amides is 2. The number of rotatable bonds is 5. The van der Waals surface area contributed by atoms with Crippen LogP contribution in [0.5, 0.6) is 0 Å². The van der Waals surface area contributed by atoms with Crippen molar-refractivity contribution in [1.82, 2.24) is 25.2 Å². The van der Waals surface area contributed by atoms with Gasteiger partial charge in [-0.2, -0.15) is 0 Å². The van der Waals surface area contributed by atoms with Gasteiger partial charge in [0.1, 0.15) is 5.82 Å². The number of hydrogen-bond acceptors (Lipinski definition) is 8. The smallest absolute Gasteiger partial charge is 0.255 e. The van der Waals surface area contributed by atoms with Crippen LogP contribution >= 0.6 is 22.7 Å². The van der Waals surface area contributed by atoms with Crippen LogP contribution in [0.2, 0.25) is 0 Å². The van der Waals surface area contributed by atoms with Gasteiger partial charge in [-0.3, -0.25) is 9.59 Å². The molecule has 0 spiro atoms. The van der Waals surface area contributed by atoms with E-state index in [4.69, 9.17) is 0 Å². The molecule has 0 aromatic carbocycles. The van der Waals surface area contributed by atoms with Gasteiger partial charge in [-0.25, -0.2) is 15.0 Å². The van der Waals surface area contributed by atoms with Gasteiger partial charge in [0.25, 0.3) is 5.91 Å². The van der Waals surface area contributed by atoms with Gasteiger partial charge >= 0.3 is 0 Å². The molecule has 2 aliphatic heterocycles. The van der Waals surface area contributed by atoms with Crippen LogP contribution in [-0.4, -0.2) is 49.8 Å². The van der Waals surface area contributed by atoms with Crippen molar-refractivity contribution >= 4 is 45.4 Å². The fourth-order valence-electron chi connectivity index (χ4n) is 4.97. The topological polar surface area (TPSA) is 100 Å². The van der Waals surface area contributed by atoms with Crippen molar-refractivity contribution in [2.75, 3.05) is 5.32 Å². The summed E-state index contributed by atoms with van der Waals surface area (Å²) in [5.41, 5.74) is 2.49. The first-order chi connectivity index (χ1) is 15.9. The molecule has 2 bridgehead atoms. The largest absolute Gasteiger partial charge is 0.353 e. The van der Waals surface area contributed by atoms with Gasteiger partial charge in [0.05, 0.1) is 26.8 Å². The van der Waals surface area contributed by atoms with E-state index in [0.29, 0.717) is 11.4 Å². The summed E-state index contributed by atoms with van der Waals surface area (Å²) >= 11 is 3.16. The summed E-state index contributed by atoms with van der Waals surface area (Å²) in [4.78, 5) is 41.3. The number of pyridine rings is 1. The van der Waals surface area contributed by atoms with E-state index >= 15 is 0 Å². The van der Waals surface area contributed by atoms with Crippen molar-refractivity contribution in [3.05, 3.63) is 40.0 Å². The number of anilines is 2. The molecule has 0 radical (unpaired) electrons. The number of piperidine rings is 1. The first kappa shape index (κ1) is 22.0. The number of aromatic nitrogens is 3.